The molecule has 0 aliphatic heterocycles. The Labute approximate surface area is 153 Å². The molecule has 1 aromatic carbocycles. The van der Waals surface area contributed by atoms with Crippen LogP contribution >= 0.6 is 23.8 Å². The normalized spacial score (nSPS) is 10.6. The Morgan fingerprint density at radius 2 is 2.16 bits per heavy atom. The third kappa shape index (κ3) is 3.26. The summed E-state index contributed by atoms with van der Waals surface area (Å²) < 4.78 is 1.39. The average molecular weight is 375 g/mol. The fourth-order valence-corrected chi connectivity index (χ4v) is 2.78. The van der Waals surface area contributed by atoms with Crippen LogP contribution in [-0.4, -0.2) is 32.6 Å². The highest BCUT2D eigenvalue weighted by atomic mass is 35.5. The van der Waals surface area contributed by atoms with Gasteiger partial charge >= 0.3 is 0 Å². The van der Waals surface area contributed by atoms with E-state index in [0.717, 1.165) is 6.21 Å². The maximum absolute atomic E-state index is 12.6. The number of benzene rings is 1. The van der Waals surface area contributed by atoms with E-state index in [-0.39, 0.29) is 5.56 Å². The minimum Gasteiger partial charge on any atom is -0.363 e. The van der Waals surface area contributed by atoms with Gasteiger partial charge in [0, 0.05) is 24.0 Å². The Kier molecular flexibility index (Phi) is 4.82. The molecule has 0 bridgehead atoms. The van der Waals surface area contributed by atoms with Crippen LogP contribution in [0.15, 0.2) is 35.3 Å². The summed E-state index contributed by atoms with van der Waals surface area (Å²) in [5.74, 6) is 0.401. The smallest absolute Gasteiger partial charge is 0.280 e. The van der Waals surface area contributed by atoms with E-state index < -0.39 is 0 Å². The van der Waals surface area contributed by atoms with Gasteiger partial charge in [-0.05, 0) is 43.4 Å². The van der Waals surface area contributed by atoms with Crippen LogP contribution < -0.4 is 16.2 Å². The molecule has 25 heavy (non-hydrogen) atoms. The van der Waals surface area contributed by atoms with Gasteiger partial charge in [0.1, 0.15) is 5.82 Å². The zero-order valence-electron chi connectivity index (χ0n) is 13.3. The highest BCUT2D eigenvalue weighted by Crippen LogP contribution is 2.20. The predicted octanol–water partition coefficient (Wildman–Crippen LogP) is 2.67. The first-order valence-electron chi connectivity index (χ1n) is 7.50. The SMILES string of the molecule is CCNC(=S)Nc1ncc2c(=O)n(-c3ccc(Cl)cc3)[nH]c2c1C=N. The largest absolute Gasteiger partial charge is 0.363 e. The van der Waals surface area contributed by atoms with Crippen molar-refractivity contribution in [2.45, 2.75) is 6.92 Å². The van der Waals surface area contributed by atoms with Crippen LogP contribution in [0.25, 0.3) is 16.6 Å². The first kappa shape index (κ1) is 17.1. The number of nitrogens with zero attached hydrogens (tertiary/aromatic N) is 2. The summed E-state index contributed by atoms with van der Waals surface area (Å²) in [6, 6.07) is 6.87. The Balaban J connectivity index is 2.14. The molecule has 0 saturated carbocycles. The molecule has 9 heteroatoms. The number of rotatable bonds is 4. The van der Waals surface area contributed by atoms with Gasteiger partial charge in [0.05, 0.1) is 22.2 Å². The van der Waals surface area contributed by atoms with Crippen molar-refractivity contribution in [1.82, 2.24) is 20.1 Å². The van der Waals surface area contributed by atoms with E-state index in [1.165, 1.54) is 10.9 Å². The maximum Gasteiger partial charge on any atom is 0.280 e. The molecule has 0 spiro atoms. The van der Waals surface area contributed by atoms with Crippen molar-refractivity contribution in [3.63, 3.8) is 0 Å². The number of hydrogen-bond donors (Lipinski definition) is 4. The predicted molar refractivity (Wildman–Crippen MR) is 104 cm³/mol. The Morgan fingerprint density at radius 3 is 2.80 bits per heavy atom. The number of thiocarbonyl (C=S) groups is 1. The van der Waals surface area contributed by atoms with Crippen molar-refractivity contribution in [3.05, 3.63) is 51.4 Å². The van der Waals surface area contributed by atoms with Crippen LogP contribution in [0.2, 0.25) is 5.02 Å². The molecule has 2 heterocycles. The van der Waals surface area contributed by atoms with Gasteiger partial charge in [0.25, 0.3) is 5.56 Å². The lowest BCUT2D eigenvalue weighted by Crippen LogP contribution is -2.28. The molecule has 0 unspecified atom stereocenters. The number of anilines is 1. The molecule has 0 amide bonds. The number of halogens is 1. The summed E-state index contributed by atoms with van der Waals surface area (Å²) >= 11 is 11.1. The number of hydrogen-bond acceptors (Lipinski definition) is 4. The second kappa shape index (κ2) is 7.04. The quantitative estimate of drug-likeness (QED) is 0.415. The van der Waals surface area contributed by atoms with Crippen LogP contribution in [-0.2, 0) is 0 Å². The van der Waals surface area contributed by atoms with Gasteiger partial charge in [0.15, 0.2) is 5.11 Å². The highest BCUT2D eigenvalue weighted by molar-refractivity contribution is 7.80. The molecule has 0 atom stereocenters. The molecular formula is C16H15ClN6OS. The van der Waals surface area contributed by atoms with Gasteiger partial charge in [0.2, 0.25) is 0 Å². The first-order chi connectivity index (χ1) is 12.0. The van der Waals surface area contributed by atoms with E-state index in [1.54, 1.807) is 24.3 Å². The molecule has 3 aromatic rings. The highest BCUT2D eigenvalue weighted by Gasteiger charge is 2.15. The monoisotopic (exact) mass is 374 g/mol. The summed E-state index contributed by atoms with van der Waals surface area (Å²) in [5, 5.41) is 18.0. The number of nitrogens with one attached hydrogen (secondary N) is 4. The molecule has 0 aliphatic rings. The Bertz CT molecular complexity index is 1010. The minimum atomic E-state index is -0.256. The topological polar surface area (TPSA) is 98.6 Å². The van der Waals surface area contributed by atoms with Gasteiger partial charge in [-0.15, -0.1) is 0 Å². The van der Waals surface area contributed by atoms with Gasteiger partial charge in [-0.1, -0.05) is 11.6 Å². The van der Waals surface area contributed by atoms with Crippen molar-refractivity contribution in [2.24, 2.45) is 0 Å². The number of pyridine rings is 1. The van der Waals surface area contributed by atoms with Crippen molar-refractivity contribution < 1.29 is 0 Å². The maximum atomic E-state index is 12.6. The molecule has 0 radical (unpaired) electrons. The van der Waals surface area contributed by atoms with Gasteiger partial charge in [-0.2, -0.15) is 0 Å². The van der Waals surface area contributed by atoms with Crippen molar-refractivity contribution in [3.8, 4) is 5.69 Å². The summed E-state index contributed by atoms with van der Waals surface area (Å²) in [6.45, 7) is 2.59. The Morgan fingerprint density at radius 1 is 1.44 bits per heavy atom. The molecular weight excluding hydrogens is 360 g/mol. The first-order valence-corrected chi connectivity index (χ1v) is 8.28. The van der Waals surface area contributed by atoms with E-state index in [9.17, 15) is 4.79 Å². The molecule has 7 nitrogen and oxygen atoms in total. The summed E-state index contributed by atoms with van der Waals surface area (Å²) in [7, 11) is 0. The zero-order valence-corrected chi connectivity index (χ0v) is 14.8. The summed E-state index contributed by atoms with van der Waals surface area (Å²) in [5.41, 5.74) is 1.34. The fourth-order valence-electron chi connectivity index (χ4n) is 2.42. The van der Waals surface area contributed by atoms with Gasteiger partial charge in [-0.3, -0.25) is 9.89 Å². The molecule has 0 saturated heterocycles. The Hall–Kier alpha value is -2.71. The molecule has 0 aliphatic carbocycles. The second-order valence-corrected chi connectivity index (χ2v) is 6.01. The van der Waals surface area contributed by atoms with E-state index in [1.807, 2.05) is 6.92 Å². The second-order valence-electron chi connectivity index (χ2n) is 5.17. The zero-order chi connectivity index (χ0) is 18.0. The van der Waals surface area contributed by atoms with Gasteiger partial charge < -0.3 is 16.0 Å². The van der Waals surface area contributed by atoms with Gasteiger partial charge in [-0.25, -0.2) is 9.67 Å². The lowest BCUT2D eigenvalue weighted by molar-refractivity contribution is 0.863. The van der Waals surface area contributed by atoms with Crippen molar-refractivity contribution in [2.75, 3.05) is 11.9 Å². The summed E-state index contributed by atoms with van der Waals surface area (Å²) in [6.07, 6.45) is 2.60. The lowest BCUT2D eigenvalue weighted by Gasteiger charge is -2.10. The van der Waals surface area contributed by atoms with Crippen LogP contribution in [0, 0.1) is 5.41 Å². The average Bonchev–Trinajstić information content (AvgIpc) is 2.92. The van der Waals surface area contributed by atoms with E-state index in [4.69, 9.17) is 29.2 Å². The number of fused-ring (bicyclic) bond motifs is 1. The lowest BCUT2D eigenvalue weighted by atomic mass is 10.2. The standard InChI is InChI=1S/C16H15ClN6OS/c1-2-19-16(25)21-14-11(7-18)13-12(8-20-14)15(24)23(22-13)10-5-3-9(17)4-6-10/h3-8,18,22H,2H2,1H3,(H2,19,20,21,25). The number of aromatic nitrogens is 3. The minimum absolute atomic E-state index is 0.256. The van der Waals surface area contributed by atoms with Crippen molar-refractivity contribution >= 4 is 51.9 Å². The number of H-pyrrole nitrogens is 1. The molecule has 3 rings (SSSR count). The molecule has 128 valence electrons. The van der Waals surface area contributed by atoms with Crippen molar-refractivity contribution in [1.29, 1.82) is 5.41 Å². The van der Waals surface area contributed by atoms with Crippen LogP contribution in [0.5, 0.6) is 0 Å². The third-order valence-electron chi connectivity index (χ3n) is 3.57. The van der Waals surface area contributed by atoms with Crippen LogP contribution in [0.3, 0.4) is 0 Å². The van der Waals surface area contributed by atoms with E-state index in [2.05, 4.69) is 20.7 Å². The third-order valence-corrected chi connectivity index (χ3v) is 4.07. The van der Waals surface area contributed by atoms with E-state index in [0.29, 0.717) is 44.7 Å². The summed E-state index contributed by atoms with van der Waals surface area (Å²) in [4.78, 5) is 16.9. The van der Waals surface area contributed by atoms with E-state index >= 15 is 0 Å². The molecule has 2 aromatic heterocycles. The van der Waals surface area contributed by atoms with Crippen LogP contribution in [0.1, 0.15) is 12.5 Å². The van der Waals surface area contributed by atoms with Crippen LogP contribution in [0.4, 0.5) is 5.82 Å². The molecule has 4 N–H and O–H groups in total. The fraction of sp³-hybridized carbons (Fsp3) is 0.125. The molecule has 0 fully saturated rings. The number of aromatic amines is 1.